The van der Waals surface area contributed by atoms with E-state index in [4.69, 9.17) is 0 Å². The van der Waals surface area contributed by atoms with Gasteiger partial charge in [-0.2, -0.15) is 4.65 Å². The van der Waals surface area contributed by atoms with Crippen molar-refractivity contribution >= 4 is 0 Å². The second-order valence-electron chi connectivity index (χ2n) is 6.54. The monoisotopic (exact) mass is 272 g/mol. The van der Waals surface area contributed by atoms with Crippen molar-refractivity contribution in [2.24, 2.45) is 0 Å². The molecule has 0 aromatic rings. The van der Waals surface area contributed by atoms with E-state index in [-0.39, 0.29) is 4.65 Å². The lowest BCUT2D eigenvalue weighted by Crippen LogP contribution is -2.45. The van der Waals surface area contributed by atoms with Crippen molar-refractivity contribution in [2.45, 2.75) is 96.9 Å². The molecule has 0 aromatic carbocycles. The van der Waals surface area contributed by atoms with Gasteiger partial charge >= 0.3 is 0 Å². The summed E-state index contributed by atoms with van der Waals surface area (Å²) in [5, 5.41) is 10.1. The topological polar surface area (TPSA) is 20.2 Å². The summed E-state index contributed by atoms with van der Waals surface area (Å²) in [7, 11) is 3.82. The highest BCUT2D eigenvalue weighted by atomic mass is 16.5. The first-order valence-electron chi connectivity index (χ1n) is 8.58. The zero-order valence-electron chi connectivity index (χ0n) is 14.0. The molecule has 19 heavy (non-hydrogen) atoms. The van der Waals surface area contributed by atoms with Crippen LogP contribution in [-0.4, -0.2) is 30.0 Å². The van der Waals surface area contributed by atoms with Gasteiger partial charge in [-0.05, 0) is 6.42 Å². The minimum atomic E-state index is 0.144. The highest BCUT2D eigenvalue weighted by molar-refractivity contribution is 4.57. The fraction of sp³-hybridized carbons (Fsp3) is 1.00. The zero-order valence-corrected chi connectivity index (χ0v) is 14.0. The lowest BCUT2D eigenvalue weighted by Gasteiger charge is -2.30. The third-order valence-corrected chi connectivity index (χ3v) is 4.16. The summed E-state index contributed by atoms with van der Waals surface area (Å²) in [5.41, 5.74) is 0. The Balaban J connectivity index is 3.45. The number of unbranched alkanes of at least 4 members (excludes halogenated alkanes) is 8. The molecular weight excluding hydrogens is 234 g/mol. The number of rotatable bonds is 13. The molecule has 0 aliphatic carbocycles. The number of hydrogen-bond acceptors (Lipinski definition) is 1. The predicted octanol–water partition coefficient (Wildman–Crippen LogP) is 5.54. The van der Waals surface area contributed by atoms with Crippen LogP contribution in [0.2, 0.25) is 0 Å². The SMILES string of the molecule is CCCCCCCCCCCC(CCC)[N+](C)(C)O. The van der Waals surface area contributed by atoms with Gasteiger partial charge in [-0.25, -0.2) is 5.21 Å². The van der Waals surface area contributed by atoms with E-state index in [1.807, 2.05) is 14.1 Å². The Morgan fingerprint density at radius 3 is 1.58 bits per heavy atom. The largest absolute Gasteiger partial charge is 0.217 e. The Labute approximate surface area is 121 Å². The summed E-state index contributed by atoms with van der Waals surface area (Å²) in [6, 6.07) is 0.426. The first kappa shape index (κ1) is 18.9. The van der Waals surface area contributed by atoms with E-state index in [9.17, 15) is 5.21 Å². The van der Waals surface area contributed by atoms with Crippen LogP contribution in [-0.2, 0) is 0 Å². The summed E-state index contributed by atoms with van der Waals surface area (Å²) in [4.78, 5) is 0. The molecule has 0 saturated heterocycles. The smallest absolute Gasteiger partial charge is 0.118 e. The summed E-state index contributed by atoms with van der Waals surface area (Å²) in [6.45, 7) is 4.48. The van der Waals surface area contributed by atoms with Gasteiger partial charge in [-0.15, -0.1) is 0 Å². The third kappa shape index (κ3) is 11.4. The number of nitrogens with zero attached hydrogens (tertiary/aromatic N) is 1. The molecule has 0 aliphatic heterocycles. The van der Waals surface area contributed by atoms with Crippen LogP contribution in [0.5, 0.6) is 0 Å². The maximum absolute atomic E-state index is 10.1. The van der Waals surface area contributed by atoms with Crippen LogP contribution in [0.3, 0.4) is 0 Å². The highest BCUT2D eigenvalue weighted by Gasteiger charge is 2.25. The summed E-state index contributed by atoms with van der Waals surface area (Å²) >= 11 is 0. The molecule has 2 heteroatoms. The Morgan fingerprint density at radius 2 is 1.16 bits per heavy atom. The molecule has 0 saturated carbocycles. The van der Waals surface area contributed by atoms with Crippen LogP contribution in [0.1, 0.15) is 90.9 Å². The van der Waals surface area contributed by atoms with Crippen LogP contribution in [0.25, 0.3) is 0 Å². The molecule has 0 rings (SSSR count). The lowest BCUT2D eigenvalue weighted by atomic mass is 10.0. The molecule has 1 N–H and O–H groups in total. The van der Waals surface area contributed by atoms with Crippen molar-refractivity contribution in [3.8, 4) is 0 Å². The molecule has 0 bridgehead atoms. The third-order valence-electron chi connectivity index (χ3n) is 4.16. The van der Waals surface area contributed by atoms with Gasteiger partial charge < -0.3 is 0 Å². The van der Waals surface area contributed by atoms with Gasteiger partial charge in [0.1, 0.15) is 6.04 Å². The maximum Gasteiger partial charge on any atom is 0.118 e. The van der Waals surface area contributed by atoms with Crippen molar-refractivity contribution in [1.82, 2.24) is 0 Å². The lowest BCUT2D eigenvalue weighted by molar-refractivity contribution is -1.09. The van der Waals surface area contributed by atoms with E-state index in [1.54, 1.807) is 0 Å². The fourth-order valence-electron chi connectivity index (χ4n) is 2.80. The second-order valence-corrected chi connectivity index (χ2v) is 6.54. The molecule has 0 fully saturated rings. The molecule has 0 amide bonds. The Kier molecular flexibility index (Phi) is 11.7. The normalized spacial score (nSPS) is 13.7. The number of hydroxylamine groups is 3. The van der Waals surface area contributed by atoms with Gasteiger partial charge in [-0.1, -0.05) is 71.6 Å². The molecule has 2 nitrogen and oxygen atoms in total. The Morgan fingerprint density at radius 1 is 0.684 bits per heavy atom. The van der Waals surface area contributed by atoms with Crippen molar-refractivity contribution < 1.29 is 9.85 Å². The van der Waals surface area contributed by atoms with Crippen molar-refractivity contribution in [2.75, 3.05) is 14.1 Å². The summed E-state index contributed by atoms with van der Waals surface area (Å²) in [5.74, 6) is 0. The molecule has 0 aliphatic rings. The van der Waals surface area contributed by atoms with E-state index in [0.29, 0.717) is 6.04 Å². The van der Waals surface area contributed by atoms with E-state index in [1.165, 1.54) is 70.6 Å². The fourth-order valence-corrected chi connectivity index (χ4v) is 2.80. The first-order valence-corrected chi connectivity index (χ1v) is 8.58. The first-order chi connectivity index (χ1) is 9.02. The van der Waals surface area contributed by atoms with E-state index in [0.717, 1.165) is 6.42 Å². The molecule has 0 aromatic heterocycles. The van der Waals surface area contributed by atoms with E-state index < -0.39 is 0 Å². The quantitative estimate of drug-likeness (QED) is 0.265. The maximum atomic E-state index is 10.1. The Bertz CT molecular complexity index is 186. The van der Waals surface area contributed by atoms with Gasteiger partial charge in [0.25, 0.3) is 0 Å². The number of hydrogen-bond donors (Lipinski definition) is 1. The summed E-state index contributed by atoms with van der Waals surface area (Å²) in [6.07, 6.45) is 15.9. The highest BCUT2D eigenvalue weighted by Crippen LogP contribution is 2.18. The van der Waals surface area contributed by atoms with Crippen molar-refractivity contribution in [3.63, 3.8) is 0 Å². The van der Waals surface area contributed by atoms with Crippen molar-refractivity contribution in [3.05, 3.63) is 0 Å². The van der Waals surface area contributed by atoms with Gasteiger partial charge in [0.05, 0.1) is 14.1 Å². The predicted molar refractivity (Wildman–Crippen MR) is 84.4 cm³/mol. The average Bonchev–Trinajstić information content (AvgIpc) is 2.34. The van der Waals surface area contributed by atoms with Crippen LogP contribution in [0, 0.1) is 0 Å². The molecule has 1 atom stereocenters. The van der Waals surface area contributed by atoms with E-state index >= 15 is 0 Å². The van der Waals surface area contributed by atoms with Crippen LogP contribution in [0.15, 0.2) is 0 Å². The van der Waals surface area contributed by atoms with Gasteiger partial charge in [0, 0.05) is 12.8 Å². The van der Waals surface area contributed by atoms with Gasteiger partial charge in [0.2, 0.25) is 0 Å². The van der Waals surface area contributed by atoms with Crippen molar-refractivity contribution in [1.29, 1.82) is 0 Å². The van der Waals surface area contributed by atoms with Crippen LogP contribution < -0.4 is 0 Å². The average molecular weight is 272 g/mol. The van der Waals surface area contributed by atoms with E-state index in [2.05, 4.69) is 13.8 Å². The Hall–Kier alpha value is -0.0800. The standard InChI is InChI=1S/C17H38NO/c1-5-7-8-9-10-11-12-13-14-16-17(15-6-2)18(3,4)19/h17,19H,5-16H2,1-4H3/q+1. The molecule has 116 valence electrons. The zero-order chi connectivity index (χ0) is 14.6. The van der Waals surface area contributed by atoms with Gasteiger partial charge in [-0.3, -0.25) is 0 Å². The minimum Gasteiger partial charge on any atom is -0.217 e. The summed E-state index contributed by atoms with van der Waals surface area (Å²) < 4.78 is 0.144. The molecular formula is C17H38NO+. The number of quaternary nitrogens is 1. The van der Waals surface area contributed by atoms with Crippen LogP contribution in [0.4, 0.5) is 0 Å². The van der Waals surface area contributed by atoms with Crippen LogP contribution >= 0.6 is 0 Å². The molecule has 0 spiro atoms. The minimum absolute atomic E-state index is 0.144. The molecule has 0 heterocycles. The molecule has 1 unspecified atom stereocenters. The molecule has 0 radical (unpaired) electrons. The van der Waals surface area contributed by atoms with Gasteiger partial charge in [0.15, 0.2) is 0 Å². The second kappa shape index (κ2) is 11.7.